The van der Waals surface area contributed by atoms with Crippen LogP contribution in [-0.2, 0) is 18.4 Å². The van der Waals surface area contributed by atoms with Gasteiger partial charge in [0.15, 0.2) is 0 Å². The highest BCUT2D eigenvalue weighted by Crippen LogP contribution is 2.45. The molecule has 0 bridgehead atoms. The van der Waals surface area contributed by atoms with E-state index in [0.29, 0.717) is 5.56 Å². The monoisotopic (exact) mass is 526 g/mol. The quantitative estimate of drug-likeness (QED) is 0.273. The van der Waals surface area contributed by atoms with Gasteiger partial charge in [-0.2, -0.15) is 0 Å². The van der Waals surface area contributed by atoms with Crippen LogP contribution in [0.25, 0.3) is 32.7 Å². The number of likely N-dealkylation sites (N-methyl/N-ethyl adjacent to an activating group) is 1. The van der Waals surface area contributed by atoms with Crippen molar-refractivity contribution in [3.05, 3.63) is 114 Å². The summed E-state index contributed by atoms with van der Waals surface area (Å²) in [5, 5.41) is 6.55. The Hall–Kier alpha value is -4.84. The lowest BCUT2D eigenvalue weighted by Crippen LogP contribution is -2.44. The Balaban J connectivity index is 1.36. The first-order chi connectivity index (χ1) is 19.5. The summed E-state index contributed by atoms with van der Waals surface area (Å²) >= 11 is 0. The lowest BCUT2D eigenvalue weighted by molar-refractivity contribution is -0.119. The van der Waals surface area contributed by atoms with Crippen LogP contribution in [0.3, 0.4) is 0 Å². The Bertz CT molecular complexity index is 1960. The first-order valence-corrected chi connectivity index (χ1v) is 13.7. The fourth-order valence-corrected chi connectivity index (χ4v) is 6.65. The van der Waals surface area contributed by atoms with Crippen molar-refractivity contribution in [3.63, 3.8) is 0 Å². The summed E-state index contributed by atoms with van der Waals surface area (Å²) in [5.41, 5.74) is 6.42. The number of hydrogen-bond acceptors (Lipinski definition) is 2. The summed E-state index contributed by atoms with van der Waals surface area (Å²) in [6, 6.07) is 29.7. The number of nitrogens with zero attached hydrogens (tertiary/aromatic N) is 3. The predicted octanol–water partition coefficient (Wildman–Crippen LogP) is 6.86. The van der Waals surface area contributed by atoms with Crippen LogP contribution in [0, 0.1) is 0 Å². The van der Waals surface area contributed by atoms with E-state index in [1.807, 2.05) is 55.6 Å². The highest BCUT2D eigenvalue weighted by atomic mass is 16.2. The van der Waals surface area contributed by atoms with Gasteiger partial charge in [0.05, 0.1) is 12.0 Å². The van der Waals surface area contributed by atoms with Gasteiger partial charge >= 0.3 is 0 Å². The third-order valence-corrected chi connectivity index (χ3v) is 8.46. The largest absolute Gasteiger partial charge is 0.350 e. The number of amides is 2. The Morgan fingerprint density at radius 2 is 1.45 bits per heavy atom. The second-order valence-corrected chi connectivity index (χ2v) is 10.6. The molecule has 0 aliphatic carbocycles. The molecule has 7 rings (SSSR count). The number of rotatable bonds is 4. The maximum Gasteiger partial charge on any atom is 0.254 e. The van der Waals surface area contributed by atoms with Crippen molar-refractivity contribution in [2.45, 2.75) is 25.4 Å². The molecule has 6 aromatic rings. The van der Waals surface area contributed by atoms with Crippen molar-refractivity contribution < 1.29 is 9.59 Å². The van der Waals surface area contributed by atoms with Crippen LogP contribution < -0.4 is 5.32 Å². The third kappa shape index (κ3) is 3.49. The van der Waals surface area contributed by atoms with Gasteiger partial charge in [-0.25, -0.2) is 0 Å². The van der Waals surface area contributed by atoms with Gasteiger partial charge in [0.25, 0.3) is 5.91 Å². The Morgan fingerprint density at radius 3 is 2.25 bits per heavy atom. The summed E-state index contributed by atoms with van der Waals surface area (Å²) in [7, 11) is 3.80. The van der Waals surface area contributed by atoms with Gasteiger partial charge in [0, 0.05) is 76.4 Å². The van der Waals surface area contributed by atoms with Crippen molar-refractivity contribution in [2.75, 3.05) is 12.4 Å². The van der Waals surface area contributed by atoms with E-state index in [9.17, 15) is 9.59 Å². The standard InChI is InChI=1S/C34H30N4O2/c1-4-38-29-16-10-8-11-22(29)26-19-21(17-18-30(26)38)35-33(39)31-24-13-5-6-14-25(24)34(40)37(3)32(31)27-20-36(2)28-15-9-7-12-23(27)28/h5-20,31-32H,4H2,1-3H3,(H,35,39). The van der Waals surface area contributed by atoms with E-state index in [1.165, 1.54) is 5.52 Å². The number of carbonyl (C=O) groups is 2. The minimum absolute atomic E-state index is 0.0774. The number of hydrogen-bond donors (Lipinski definition) is 1. The smallest absolute Gasteiger partial charge is 0.254 e. The molecule has 0 fully saturated rings. The zero-order valence-corrected chi connectivity index (χ0v) is 22.8. The van der Waals surface area contributed by atoms with Gasteiger partial charge in [0.2, 0.25) is 5.91 Å². The molecule has 6 heteroatoms. The van der Waals surface area contributed by atoms with Gasteiger partial charge in [-0.3, -0.25) is 9.59 Å². The number of para-hydroxylation sites is 2. The first-order valence-electron chi connectivity index (χ1n) is 13.7. The minimum Gasteiger partial charge on any atom is -0.350 e. The van der Waals surface area contributed by atoms with Crippen molar-refractivity contribution in [1.29, 1.82) is 0 Å². The summed E-state index contributed by atoms with van der Waals surface area (Å²) in [6.07, 6.45) is 2.05. The van der Waals surface area contributed by atoms with Crippen LogP contribution in [0.15, 0.2) is 97.2 Å². The van der Waals surface area contributed by atoms with E-state index < -0.39 is 12.0 Å². The van der Waals surface area contributed by atoms with Gasteiger partial charge in [0.1, 0.15) is 0 Å². The molecule has 2 aromatic heterocycles. The minimum atomic E-state index is -0.586. The highest BCUT2D eigenvalue weighted by Gasteiger charge is 2.43. The molecule has 0 saturated heterocycles. The third-order valence-electron chi connectivity index (χ3n) is 8.46. The molecule has 0 saturated carbocycles. The van der Waals surface area contributed by atoms with Crippen LogP contribution in [0.5, 0.6) is 0 Å². The summed E-state index contributed by atoms with van der Waals surface area (Å²) in [4.78, 5) is 29.6. The number of aryl methyl sites for hydroxylation is 2. The van der Waals surface area contributed by atoms with Crippen LogP contribution >= 0.6 is 0 Å². The lowest BCUT2D eigenvalue weighted by Gasteiger charge is -2.39. The van der Waals surface area contributed by atoms with E-state index in [1.54, 1.807) is 11.9 Å². The average Bonchev–Trinajstić information content (AvgIpc) is 3.48. The Kier molecular flexibility index (Phi) is 5.52. The van der Waals surface area contributed by atoms with Crippen molar-refractivity contribution in [3.8, 4) is 0 Å². The van der Waals surface area contributed by atoms with Gasteiger partial charge < -0.3 is 19.4 Å². The summed E-state index contributed by atoms with van der Waals surface area (Å²) < 4.78 is 4.36. The SMILES string of the molecule is CCn1c2ccccc2c2cc(NC(=O)C3c4ccccc4C(=O)N(C)C3c3cn(C)c4ccccc34)ccc21. The Labute approximate surface area is 232 Å². The number of carbonyl (C=O) groups excluding carboxylic acids is 2. The fraction of sp³-hybridized carbons (Fsp3) is 0.176. The molecule has 6 nitrogen and oxygen atoms in total. The maximum absolute atomic E-state index is 14.3. The fourth-order valence-electron chi connectivity index (χ4n) is 6.65. The molecule has 1 aliphatic rings. The molecule has 4 aromatic carbocycles. The van der Waals surface area contributed by atoms with Gasteiger partial charge in [-0.1, -0.05) is 54.6 Å². The summed E-state index contributed by atoms with van der Waals surface area (Å²) in [6.45, 7) is 3.01. The number of nitrogens with one attached hydrogen (secondary N) is 1. The molecular weight excluding hydrogens is 496 g/mol. The first kappa shape index (κ1) is 24.2. The second-order valence-electron chi connectivity index (χ2n) is 10.6. The van der Waals surface area contributed by atoms with E-state index >= 15 is 0 Å². The molecule has 2 unspecified atom stereocenters. The molecule has 3 heterocycles. The van der Waals surface area contributed by atoms with Crippen LogP contribution in [0.4, 0.5) is 5.69 Å². The normalized spacial score (nSPS) is 17.1. The number of fused-ring (bicyclic) bond motifs is 5. The topological polar surface area (TPSA) is 59.3 Å². The molecule has 40 heavy (non-hydrogen) atoms. The zero-order valence-electron chi connectivity index (χ0n) is 22.8. The summed E-state index contributed by atoms with van der Waals surface area (Å²) in [5.74, 6) is -0.799. The lowest BCUT2D eigenvalue weighted by atomic mass is 9.79. The Morgan fingerprint density at radius 1 is 0.775 bits per heavy atom. The zero-order chi connectivity index (χ0) is 27.5. The van der Waals surface area contributed by atoms with Crippen molar-refractivity contribution in [1.82, 2.24) is 14.0 Å². The molecule has 1 N–H and O–H groups in total. The number of aromatic nitrogens is 2. The average molecular weight is 527 g/mol. The van der Waals surface area contributed by atoms with Crippen LogP contribution in [-0.4, -0.2) is 32.9 Å². The van der Waals surface area contributed by atoms with Crippen LogP contribution in [0.1, 0.15) is 40.4 Å². The van der Waals surface area contributed by atoms with E-state index in [2.05, 4.69) is 70.0 Å². The number of benzene rings is 4. The van der Waals surface area contributed by atoms with E-state index in [0.717, 1.165) is 50.6 Å². The molecule has 0 radical (unpaired) electrons. The molecular formula is C34H30N4O2. The molecule has 2 amide bonds. The second kappa shape index (κ2) is 9.12. The maximum atomic E-state index is 14.3. The van der Waals surface area contributed by atoms with Crippen molar-refractivity contribution in [2.24, 2.45) is 7.05 Å². The molecule has 1 aliphatic heterocycles. The molecule has 2 atom stereocenters. The van der Waals surface area contributed by atoms with Crippen molar-refractivity contribution >= 4 is 50.2 Å². The highest BCUT2D eigenvalue weighted by molar-refractivity contribution is 6.11. The number of anilines is 1. The molecule has 0 spiro atoms. The van der Waals surface area contributed by atoms with Crippen LogP contribution in [0.2, 0.25) is 0 Å². The van der Waals surface area contributed by atoms with E-state index in [4.69, 9.17) is 0 Å². The molecule has 198 valence electrons. The predicted molar refractivity (Wildman–Crippen MR) is 161 cm³/mol. The van der Waals surface area contributed by atoms with E-state index in [-0.39, 0.29) is 11.8 Å². The van der Waals surface area contributed by atoms with Gasteiger partial charge in [-0.15, -0.1) is 0 Å². The van der Waals surface area contributed by atoms with Gasteiger partial charge in [-0.05, 0) is 48.9 Å².